The molecule has 1 heteroatoms. The Hall–Kier alpha value is -1.34. The largest absolute Gasteiger partial charge is 0.307 e. The van der Waals surface area contributed by atoms with Crippen molar-refractivity contribution in [1.29, 1.82) is 0 Å². The molecule has 1 nitrogen and oxygen atoms in total. The molecule has 21 heavy (non-hydrogen) atoms. The van der Waals surface area contributed by atoms with Gasteiger partial charge in [-0.15, -0.1) is 0 Å². The predicted octanol–water partition coefficient (Wildman–Crippen LogP) is 5.85. The Morgan fingerprint density at radius 3 is 2.38 bits per heavy atom. The van der Waals surface area contributed by atoms with Gasteiger partial charge in [-0.1, -0.05) is 69.5 Å². The lowest BCUT2D eigenvalue weighted by Crippen LogP contribution is -2.31. The van der Waals surface area contributed by atoms with Crippen molar-refractivity contribution in [3.63, 3.8) is 0 Å². The minimum absolute atomic E-state index is 0.419. The maximum Gasteiger partial charge on any atom is 0.0294 e. The lowest BCUT2D eigenvalue weighted by molar-refractivity contribution is 0.396. The molecule has 0 saturated carbocycles. The van der Waals surface area contributed by atoms with Crippen LogP contribution in [-0.4, -0.2) is 6.04 Å². The highest BCUT2D eigenvalue weighted by Gasteiger charge is 2.12. The first-order valence-electron chi connectivity index (χ1n) is 8.49. The van der Waals surface area contributed by atoms with Gasteiger partial charge in [0.05, 0.1) is 0 Å². The molecule has 0 aromatic heterocycles. The summed E-state index contributed by atoms with van der Waals surface area (Å²) < 4.78 is 0. The number of fused-ring (bicyclic) bond motifs is 1. The summed E-state index contributed by atoms with van der Waals surface area (Å²) in [4.78, 5) is 0. The zero-order valence-electron chi connectivity index (χ0n) is 13.7. The highest BCUT2D eigenvalue weighted by molar-refractivity contribution is 5.83. The quantitative estimate of drug-likeness (QED) is 0.641. The SMILES string of the molecule is CCCCC(CCC)NC(C)c1ccc2ccccc2c1. The molecule has 0 saturated heterocycles. The molecule has 2 aromatic carbocycles. The molecule has 0 heterocycles. The Balaban J connectivity index is 2.07. The van der Waals surface area contributed by atoms with Crippen molar-refractivity contribution in [2.75, 3.05) is 0 Å². The lowest BCUT2D eigenvalue weighted by Gasteiger charge is -2.23. The molecule has 2 atom stereocenters. The Morgan fingerprint density at radius 2 is 1.67 bits per heavy atom. The van der Waals surface area contributed by atoms with E-state index >= 15 is 0 Å². The number of rotatable bonds is 8. The molecule has 0 spiro atoms. The van der Waals surface area contributed by atoms with Crippen molar-refractivity contribution in [3.8, 4) is 0 Å². The summed E-state index contributed by atoms with van der Waals surface area (Å²) in [7, 11) is 0. The van der Waals surface area contributed by atoms with Crippen molar-refractivity contribution in [2.24, 2.45) is 0 Å². The minimum Gasteiger partial charge on any atom is -0.307 e. The van der Waals surface area contributed by atoms with Crippen LogP contribution in [0.15, 0.2) is 42.5 Å². The van der Waals surface area contributed by atoms with Gasteiger partial charge in [-0.25, -0.2) is 0 Å². The summed E-state index contributed by atoms with van der Waals surface area (Å²) in [6.45, 7) is 6.84. The van der Waals surface area contributed by atoms with Crippen LogP contribution >= 0.6 is 0 Å². The van der Waals surface area contributed by atoms with E-state index in [-0.39, 0.29) is 0 Å². The summed E-state index contributed by atoms with van der Waals surface area (Å²) in [5, 5.41) is 6.49. The van der Waals surface area contributed by atoms with E-state index in [1.807, 2.05) is 0 Å². The van der Waals surface area contributed by atoms with Gasteiger partial charge in [0, 0.05) is 12.1 Å². The van der Waals surface area contributed by atoms with E-state index in [0.29, 0.717) is 12.1 Å². The van der Waals surface area contributed by atoms with E-state index in [9.17, 15) is 0 Å². The Bertz CT molecular complexity index is 546. The Kier molecular flexibility index (Phi) is 6.25. The van der Waals surface area contributed by atoms with Gasteiger partial charge in [-0.3, -0.25) is 0 Å². The van der Waals surface area contributed by atoms with Gasteiger partial charge in [-0.05, 0) is 42.2 Å². The normalized spacial score (nSPS) is 14.2. The van der Waals surface area contributed by atoms with Gasteiger partial charge >= 0.3 is 0 Å². The van der Waals surface area contributed by atoms with E-state index in [4.69, 9.17) is 0 Å². The second-order valence-corrected chi connectivity index (χ2v) is 6.12. The maximum absolute atomic E-state index is 3.83. The molecule has 0 bridgehead atoms. The topological polar surface area (TPSA) is 12.0 Å². The molecule has 0 radical (unpaired) electrons. The molecular formula is C20H29N. The van der Waals surface area contributed by atoms with Crippen LogP contribution in [0.1, 0.15) is 64.5 Å². The number of unbranched alkanes of at least 4 members (excludes halogenated alkanes) is 1. The van der Waals surface area contributed by atoms with E-state index in [1.165, 1.54) is 48.4 Å². The first-order valence-corrected chi connectivity index (χ1v) is 8.49. The van der Waals surface area contributed by atoms with Crippen LogP contribution in [0.25, 0.3) is 10.8 Å². The highest BCUT2D eigenvalue weighted by Crippen LogP contribution is 2.21. The van der Waals surface area contributed by atoms with Crippen LogP contribution < -0.4 is 5.32 Å². The summed E-state index contributed by atoms with van der Waals surface area (Å²) in [6.07, 6.45) is 6.43. The second-order valence-electron chi connectivity index (χ2n) is 6.12. The molecule has 114 valence electrons. The van der Waals surface area contributed by atoms with Crippen LogP contribution in [0, 0.1) is 0 Å². The van der Waals surface area contributed by atoms with E-state index in [2.05, 4.69) is 68.6 Å². The summed E-state index contributed by atoms with van der Waals surface area (Å²) >= 11 is 0. The fraction of sp³-hybridized carbons (Fsp3) is 0.500. The van der Waals surface area contributed by atoms with Crippen LogP contribution in [0.5, 0.6) is 0 Å². The standard InChI is InChI=1S/C20H29N/c1-4-6-12-20(9-5-2)21-16(3)18-14-13-17-10-7-8-11-19(17)15-18/h7-8,10-11,13-16,20-21H,4-6,9,12H2,1-3H3. The van der Waals surface area contributed by atoms with Crippen molar-refractivity contribution in [2.45, 2.75) is 65.0 Å². The van der Waals surface area contributed by atoms with Crippen LogP contribution in [0.4, 0.5) is 0 Å². The first-order chi connectivity index (χ1) is 10.2. The second kappa shape index (κ2) is 8.19. The van der Waals surface area contributed by atoms with Gasteiger partial charge in [0.1, 0.15) is 0 Å². The average Bonchev–Trinajstić information content (AvgIpc) is 2.52. The van der Waals surface area contributed by atoms with Crippen LogP contribution in [-0.2, 0) is 0 Å². The molecule has 2 rings (SSSR count). The Morgan fingerprint density at radius 1 is 0.905 bits per heavy atom. The molecule has 2 aromatic rings. The average molecular weight is 283 g/mol. The smallest absolute Gasteiger partial charge is 0.0294 e. The number of hydrogen-bond donors (Lipinski definition) is 1. The zero-order valence-corrected chi connectivity index (χ0v) is 13.7. The van der Waals surface area contributed by atoms with Crippen molar-refractivity contribution < 1.29 is 0 Å². The molecule has 1 N–H and O–H groups in total. The Labute approximate surface area is 129 Å². The fourth-order valence-electron chi connectivity index (χ4n) is 3.04. The molecule has 0 aliphatic carbocycles. The number of nitrogens with one attached hydrogen (secondary N) is 1. The minimum atomic E-state index is 0.419. The molecule has 0 aliphatic rings. The van der Waals surface area contributed by atoms with E-state index in [1.54, 1.807) is 0 Å². The van der Waals surface area contributed by atoms with E-state index < -0.39 is 0 Å². The number of benzene rings is 2. The highest BCUT2D eigenvalue weighted by atomic mass is 14.9. The first kappa shape index (κ1) is 16.0. The summed E-state index contributed by atoms with van der Waals surface area (Å²) in [5.74, 6) is 0. The molecule has 2 unspecified atom stereocenters. The van der Waals surface area contributed by atoms with Crippen molar-refractivity contribution >= 4 is 10.8 Å². The molecule has 0 aliphatic heterocycles. The third-order valence-electron chi connectivity index (χ3n) is 4.30. The van der Waals surface area contributed by atoms with Gasteiger partial charge in [0.2, 0.25) is 0 Å². The summed E-state index contributed by atoms with van der Waals surface area (Å²) in [6, 6.07) is 16.5. The van der Waals surface area contributed by atoms with E-state index in [0.717, 1.165) is 0 Å². The molecule has 0 fully saturated rings. The fourth-order valence-corrected chi connectivity index (χ4v) is 3.04. The summed E-state index contributed by atoms with van der Waals surface area (Å²) in [5.41, 5.74) is 1.39. The zero-order chi connectivity index (χ0) is 15.1. The van der Waals surface area contributed by atoms with Gasteiger partial charge < -0.3 is 5.32 Å². The van der Waals surface area contributed by atoms with Crippen molar-refractivity contribution in [1.82, 2.24) is 5.32 Å². The monoisotopic (exact) mass is 283 g/mol. The molecular weight excluding hydrogens is 254 g/mol. The van der Waals surface area contributed by atoms with Crippen LogP contribution in [0.3, 0.4) is 0 Å². The predicted molar refractivity (Wildman–Crippen MR) is 93.7 cm³/mol. The maximum atomic E-state index is 3.83. The van der Waals surface area contributed by atoms with Crippen molar-refractivity contribution in [3.05, 3.63) is 48.0 Å². The van der Waals surface area contributed by atoms with Gasteiger partial charge in [0.15, 0.2) is 0 Å². The third-order valence-corrected chi connectivity index (χ3v) is 4.30. The van der Waals surface area contributed by atoms with Gasteiger partial charge in [-0.2, -0.15) is 0 Å². The molecule has 0 amide bonds. The number of hydrogen-bond acceptors (Lipinski definition) is 1. The lowest BCUT2D eigenvalue weighted by atomic mass is 9.99. The third kappa shape index (κ3) is 4.57. The van der Waals surface area contributed by atoms with Gasteiger partial charge in [0.25, 0.3) is 0 Å². The van der Waals surface area contributed by atoms with Crippen LogP contribution in [0.2, 0.25) is 0 Å².